The molecular weight excluding hydrogens is 446 g/mol. The molecule has 0 atom stereocenters. The number of aromatic nitrogens is 2. The van der Waals surface area contributed by atoms with Crippen LogP contribution in [0.3, 0.4) is 0 Å². The first-order valence-corrected chi connectivity index (χ1v) is 10.1. The lowest BCUT2D eigenvalue weighted by atomic mass is 10.1. The molecule has 13 heteroatoms. The first kappa shape index (κ1) is 22.3. The van der Waals surface area contributed by atoms with E-state index in [1.807, 2.05) is 0 Å². The summed E-state index contributed by atoms with van der Waals surface area (Å²) in [5.41, 5.74) is -2.51. The molecule has 5 N–H and O–H groups in total. The van der Waals surface area contributed by atoms with Crippen molar-refractivity contribution in [3.63, 3.8) is 0 Å². The lowest BCUT2D eigenvalue weighted by molar-refractivity contribution is 0.0678. The molecule has 0 amide bonds. The van der Waals surface area contributed by atoms with E-state index >= 15 is 0 Å². The molecule has 0 saturated carbocycles. The van der Waals surface area contributed by atoms with Crippen LogP contribution in [0.2, 0.25) is 0 Å². The van der Waals surface area contributed by atoms with Crippen molar-refractivity contribution >= 4 is 27.6 Å². The van der Waals surface area contributed by atoms with Crippen LogP contribution in [-0.2, 0) is 10.0 Å². The van der Waals surface area contributed by atoms with E-state index in [0.29, 0.717) is 0 Å². The molecule has 0 saturated heterocycles. The SMILES string of the molecule is COc1ccc(S(=O)(=O)Nc2ccccc2-c2nc(C(=O)O)c(O)c(=O)[nH]2)cc1C(=O)O. The number of carboxylic acids is 2. The van der Waals surface area contributed by atoms with Gasteiger partial charge >= 0.3 is 11.9 Å². The predicted octanol–water partition coefficient (Wildman–Crippen LogP) is 1.35. The highest BCUT2D eigenvalue weighted by Gasteiger charge is 2.23. The summed E-state index contributed by atoms with van der Waals surface area (Å²) < 4.78 is 32.9. The molecule has 32 heavy (non-hydrogen) atoms. The van der Waals surface area contributed by atoms with Crippen LogP contribution in [-0.4, -0.2) is 52.8 Å². The average Bonchev–Trinajstić information content (AvgIpc) is 2.75. The van der Waals surface area contributed by atoms with Crippen LogP contribution in [0.4, 0.5) is 5.69 Å². The van der Waals surface area contributed by atoms with Crippen LogP contribution in [0.5, 0.6) is 11.5 Å². The molecule has 0 unspecified atom stereocenters. The fourth-order valence-electron chi connectivity index (χ4n) is 2.75. The minimum absolute atomic E-state index is 0.00245. The largest absolute Gasteiger partial charge is 0.501 e. The van der Waals surface area contributed by atoms with Crippen molar-refractivity contribution in [1.29, 1.82) is 0 Å². The first-order chi connectivity index (χ1) is 15.0. The van der Waals surface area contributed by atoms with Gasteiger partial charge in [0.25, 0.3) is 15.6 Å². The third-order valence-corrected chi connectivity index (χ3v) is 5.60. The molecule has 1 aromatic heterocycles. The monoisotopic (exact) mass is 461 g/mol. The van der Waals surface area contributed by atoms with Crippen molar-refractivity contribution in [3.05, 3.63) is 64.1 Å². The number of nitrogens with zero attached hydrogens (tertiary/aromatic N) is 1. The summed E-state index contributed by atoms with van der Waals surface area (Å²) in [5.74, 6) is -4.51. The Morgan fingerprint density at radius 1 is 1.09 bits per heavy atom. The van der Waals surface area contributed by atoms with Crippen LogP contribution in [0, 0.1) is 0 Å². The molecule has 12 nitrogen and oxygen atoms in total. The van der Waals surface area contributed by atoms with Gasteiger partial charge in [-0.05, 0) is 30.3 Å². The quantitative estimate of drug-likeness (QED) is 0.342. The molecule has 2 aromatic carbocycles. The van der Waals surface area contributed by atoms with Crippen molar-refractivity contribution in [3.8, 4) is 22.9 Å². The van der Waals surface area contributed by atoms with E-state index in [1.165, 1.54) is 37.4 Å². The third-order valence-electron chi connectivity index (χ3n) is 4.24. The fourth-order valence-corrected chi connectivity index (χ4v) is 3.85. The molecule has 0 aliphatic carbocycles. The van der Waals surface area contributed by atoms with Crippen molar-refractivity contribution in [2.45, 2.75) is 4.90 Å². The van der Waals surface area contributed by atoms with Gasteiger partial charge in [0, 0.05) is 5.56 Å². The zero-order valence-electron chi connectivity index (χ0n) is 16.2. The number of aromatic hydroxyl groups is 1. The Bertz CT molecular complexity index is 1400. The summed E-state index contributed by atoms with van der Waals surface area (Å²) in [6, 6.07) is 8.86. The molecule has 1 heterocycles. The number of nitrogens with one attached hydrogen (secondary N) is 2. The normalized spacial score (nSPS) is 11.0. The number of aromatic carboxylic acids is 2. The van der Waals surface area contributed by atoms with Gasteiger partial charge < -0.3 is 25.0 Å². The van der Waals surface area contributed by atoms with Crippen molar-refractivity contribution in [2.75, 3.05) is 11.8 Å². The summed E-state index contributed by atoms with van der Waals surface area (Å²) in [7, 11) is -3.09. The number of aromatic amines is 1. The van der Waals surface area contributed by atoms with Crippen LogP contribution in [0.15, 0.2) is 52.2 Å². The van der Waals surface area contributed by atoms with Gasteiger partial charge in [-0.25, -0.2) is 23.0 Å². The highest BCUT2D eigenvalue weighted by molar-refractivity contribution is 7.92. The summed E-state index contributed by atoms with van der Waals surface area (Å²) in [6.07, 6.45) is 0. The smallest absolute Gasteiger partial charge is 0.358 e. The number of ether oxygens (including phenoxy) is 1. The lowest BCUT2D eigenvalue weighted by Crippen LogP contribution is -2.17. The van der Waals surface area contributed by atoms with E-state index in [2.05, 4.69) is 14.7 Å². The van der Waals surface area contributed by atoms with Crippen LogP contribution >= 0.6 is 0 Å². The Kier molecular flexibility index (Phi) is 5.85. The van der Waals surface area contributed by atoms with Crippen LogP contribution < -0.4 is 15.0 Å². The minimum Gasteiger partial charge on any atom is -0.501 e. The number of methoxy groups -OCH3 is 1. The first-order valence-electron chi connectivity index (χ1n) is 8.65. The second-order valence-electron chi connectivity index (χ2n) is 6.24. The number of para-hydroxylation sites is 1. The zero-order chi connectivity index (χ0) is 23.6. The number of rotatable bonds is 7. The molecule has 0 aliphatic rings. The highest BCUT2D eigenvalue weighted by Crippen LogP contribution is 2.29. The standard InChI is InChI=1S/C19H15N3O9S/c1-31-13-7-6-9(8-11(13)18(25)26)32(29,30)22-12-5-3-2-4-10(12)16-20-14(19(27)28)15(23)17(24)21-16/h2-8,22-23H,1H3,(H,25,26)(H,27,28)(H,20,21,24). The number of hydrogen-bond acceptors (Lipinski definition) is 8. The molecule has 0 fully saturated rings. The maximum atomic E-state index is 12.9. The third kappa shape index (κ3) is 4.22. The fraction of sp³-hybridized carbons (Fsp3) is 0.0526. The van der Waals surface area contributed by atoms with Crippen LogP contribution in [0.1, 0.15) is 20.8 Å². The van der Waals surface area contributed by atoms with E-state index in [9.17, 15) is 33.0 Å². The van der Waals surface area contributed by atoms with Gasteiger partial charge in [0.1, 0.15) is 17.1 Å². The average molecular weight is 461 g/mol. The number of benzene rings is 2. The Morgan fingerprint density at radius 2 is 1.78 bits per heavy atom. The predicted molar refractivity (Wildman–Crippen MR) is 110 cm³/mol. The number of sulfonamides is 1. The second kappa shape index (κ2) is 8.39. The molecular formula is C19H15N3O9S. The molecule has 3 aromatic rings. The number of H-pyrrole nitrogens is 1. The number of anilines is 1. The topological polar surface area (TPSA) is 196 Å². The van der Waals surface area contributed by atoms with Gasteiger partial charge in [-0.1, -0.05) is 12.1 Å². The molecule has 0 radical (unpaired) electrons. The Balaban J connectivity index is 2.10. The van der Waals surface area contributed by atoms with Gasteiger partial charge in [-0.3, -0.25) is 9.52 Å². The van der Waals surface area contributed by atoms with Gasteiger partial charge in [0.15, 0.2) is 5.69 Å². The number of carboxylic acid groups (broad SMARTS) is 2. The Morgan fingerprint density at radius 3 is 2.41 bits per heavy atom. The maximum absolute atomic E-state index is 12.9. The highest BCUT2D eigenvalue weighted by atomic mass is 32.2. The van der Waals surface area contributed by atoms with E-state index in [0.717, 1.165) is 12.1 Å². The van der Waals surface area contributed by atoms with Crippen molar-refractivity contribution in [1.82, 2.24) is 9.97 Å². The molecule has 3 rings (SSSR count). The summed E-state index contributed by atoms with van der Waals surface area (Å²) in [5, 5.41) is 28.0. The summed E-state index contributed by atoms with van der Waals surface area (Å²) in [4.78, 5) is 40.0. The number of hydrogen-bond donors (Lipinski definition) is 5. The van der Waals surface area contributed by atoms with Gasteiger partial charge in [-0.2, -0.15) is 0 Å². The second-order valence-corrected chi connectivity index (χ2v) is 7.92. The van der Waals surface area contributed by atoms with E-state index in [-0.39, 0.29) is 33.3 Å². The maximum Gasteiger partial charge on any atom is 0.358 e. The number of carbonyl (C=O) groups is 2. The molecule has 0 aliphatic heterocycles. The van der Waals surface area contributed by atoms with Gasteiger partial charge in [0.05, 0.1) is 17.7 Å². The van der Waals surface area contributed by atoms with Crippen molar-refractivity contribution < 1.29 is 38.1 Å². The van der Waals surface area contributed by atoms with Crippen LogP contribution in [0.25, 0.3) is 11.4 Å². The summed E-state index contributed by atoms with van der Waals surface area (Å²) >= 11 is 0. The van der Waals surface area contributed by atoms with Gasteiger partial charge in [0.2, 0.25) is 5.75 Å². The zero-order valence-corrected chi connectivity index (χ0v) is 17.0. The Hall–Kier alpha value is -4.39. The van der Waals surface area contributed by atoms with E-state index in [1.54, 1.807) is 0 Å². The molecule has 0 bridgehead atoms. The van der Waals surface area contributed by atoms with Crippen molar-refractivity contribution in [2.24, 2.45) is 0 Å². The van der Waals surface area contributed by atoms with Gasteiger partial charge in [-0.15, -0.1) is 0 Å². The minimum atomic E-state index is -4.32. The Labute approximate surface area is 179 Å². The molecule has 166 valence electrons. The lowest BCUT2D eigenvalue weighted by Gasteiger charge is -2.14. The summed E-state index contributed by atoms with van der Waals surface area (Å²) in [6.45, 7) is 0. The van der Waals surface area contributed by atoms with E-state index in [4.69, 9.17) is 9.84 Å². The van der Waals surface area contributed by atoms with E-state index < -0.39 is 39.0 Å². The molecule has 0 spiro atoms.